The zero-order valence-electron chi connectivity index (χ0n) is 14.8. The van der Waals surface area contributed by atoms with Crippen LogP contribution in [0.3, 0.4) is 0 Å². The molecule has 0 radical (unpaired) electrons. The standard InChI is InChI=1S/C21H13F2N3O3/c22-13-3-7-15(8-4-13)25-11-1-2-17(25)12-18-19(27)24-21(29)26(20(18)28)16-9-5-14(23)6-10-16/h1-12H,(H,24,27,29). The summed E-state index contributed by atoms with van der Waals surface area (Å²) in [5.41, 5.74) is 0.958. The molecule has 1 aromatic heterocycles. The highest BCUT2D eigenvalue weighted by Gasteiger charge is 2.37. The second-order valence-electron chi connectivity index (χ2n) is 6.21. The first-order chi connectivity index (χ1) is 13.9. The second kappa shape index (κ2) is 7.16. The number of anilines is 1. The molecule has 6 nitrogen and oxygen atoms in total. The summed E-state index contributed by atoms with van der Waals surface area (Å²) in [6.07, 6.45) is 3.03. The smallest absolute Gasteiger partial charge is 0.317 e. The fourth-order valence-corrected chi connectivity index (χ4v) is 2.98. The lowest BCUT2D eigenvalue weighted by Gasteiger charge is -2.26. The van der Waals surface area contributed by atoms with Crippen LogP contribution in [0.4, 0.5) is 19.3 Å². The number of urea groups is 1. The maximum atomic E-state index is 13.2. The molecule has 8 heteroatoms. The Kier molecular flexibility index (Phi) is 4.52. The van der Waals surface area contributed by atoms with Gasteiger partial charge in [-0.1, -0.05) is 0 Å². The van der Waals surface area contributed by atoms with Gasteiger partial charge >= 0.3 is 6.03 Å². The van der Waals surface area contributed by atoms with E-state index >= 15 is 0 Å². The van der Waals surface area contributed by atoms with E-state index in [2.05, 4.69) is 5.32 Å². The largest absolute Gasteiger partial charge is 0.335 e. The molecule has 1 N–H and O–H groups in total. The number of rotatable bonds is 3. The van der Waals surface area contributed by atoms with Crippen LogP contribution in [-0.4, -0.2) is 22.4 Å². The van der Waals surface area contributed by atoms with E-state index in [1.54, 1.807) is 35.0 Å². The summed E-state index contributed by atoms with van der Waals surface area (Å²) in [6, 6.07) is 12.9. The van der Waals surface area contributed by atoms with Crippen molar-refractivity contribution >= 4 is 29.6 Å². The van der Waals surface area contributed by atoms with Gasteiger partial charge in [-0.3, -0.25) is 14.9 Å². The first-order valence-electron chi connectivity index (χ1n) is 8.54. The average Bonchev–Trinajstić information content (AvgIpc) is 3.15. The van der Waals surface area contributed by atoms with Gasteiger partial charge in [-0.05, 0) is 66.7 Å². The van der Waals surface area contributed by atoms with E-state index in [4.69, 9.17) is 0 Å². The Morgan fingerprint density at radius 1 is 0.793 bits per heavy atom. The molecule has 29 heavy (non-hydrogen) atoms. The number of carbonyl (C=O) groups is 3. The third-order valence-corrected chi connectivity index (χ3v) is 4.36. The molecule has 1 fully saturated rings. The number of benzene rings is 2. The van der Waals surface area contributed by atoms with Crippen LogP contribution in [0.5, 0.6) is 0 Å². The molecule has 2 heterocycles. The summed E-state index contributed by atoms with van der Waals surface area (Å²) in [5.74, 6) is -2.60. The molecule has 2 aromatic carbocycles. The van der Waals surface area contributed by atoms with Crippen molar-refractivity contribution in [2.45, 2.75) is 0 Å². The minimum atomic E-state index is -0.919. The lowest BCUT2D eigenvalue weighted by Crippen LogP contribution is -2.54. The first-order valence-corrected chi connectivity index (χ1v) is 8.54. The van der Waals surface area contributed by atoms with E-state index < -0.39 is 29.5 Å². The van der Waals surface area contributed by atoms with E-state index in [0.29, 0.717) is 11.4 Å². The van der Waals surface area contributed by atoms with Crippen LogP contribution >= 0.6 is 0 Å². The molecule has 3 aromatic rings. The van der Waals surface area contributed by atoms with Gasteiger partial charge in [0.2, 0.25) is 0 Å². The Morgan fingerprint density at radius 3 is 2.00 bits per heavy atom. The summed E-state index contributed by atoms with van der Waals surface area (Å²) in [6.45, 7) is 0. The fourth-order valence-electron chi connectivity index (χ4n) is 2.98. The first kappa shape index (κ1) is 18.3. The highest BCUT2D eigenvalue weighted by molar-refractivity contribution is 6.39. The number of nitrogens with one attached hydrogen (secondary N) is 1. The Labute approximate surface area is 163 Å². The molecule has 144 valence electrons. The summed E-state index contributed by atoms with van der Waals surface area (Å²) < 4.78 is 28.0. The number of carbonyl (C=O) groups excluding carboxylic acids is 3. The SMILES string of the molecule is O=C1NC(=O)N(c2ccc(F)cc2)C(=O)C1=Cc1cccn1-c1ccc(F)cc1. The van der Waals surface area contributed by atoms with Gasteiger partial charge in [-0.25, -0.2) is 18.5 Å². The van der Waals surface area contributed by atoms with Crippen LogP contribution < -0.4 is 10.2 Å². The van der Waals surface area contributed by atoms with Gasteiger partial charge in [0, 0.05) is 17.6 Å². The summed E-state index contributed by atoms with van der Waals surface area (Å²) >= 11 is 0. The summed E-state index contributed by atoms with van der Waals surface area (Å²) in [4.78, 5) is 38.1. The molecular weight excluding hydrogens is 380 g/mol. The average molecular weight is 393 g/mol. The normalized spacial score (nSPS) is 15.7. The van der Waals surface area contributed by atoms with Crippen LogP contribution in [0.2, 0.25) is 0 Å². The topological polar surface area (TPSA) is 71.4 Å². The quantitative estimate of drug-likeness (QED) is 0.548. The molecule has 1 saturated heterocycles. The minimum Gasteiger partial charge on any atom is -0.317 e. The molecule has 0 bridgehead atoms. The van der Waals surface area contributed by atoms with Crippen molar-refractivity contribution in [1.82, 2.24) is 9.88 Å². The van der Waals surface area contributed by atoms with Crippen molar-refractivity contribution in [2.75, 3.05) is 4.90 Å². The van der Waals surface area contributed by atoms with Gasteiger partial charge in [-0.2, -0.15) is 0 Å². The van der Waals surface area contributed by atoms with E-state index in [1.165, 1.54) is 30.3 Å². The Balaban J connectivity index is 1.73. The minimum absolute atomic E-state index is 0.126. The highest BCUT2D eigenvalue weighted by Crippen LogP contribution is 2.23. The van der Waals surface area contributed by atoms with Crippen molar-refractivity contribution in [3.63, 3.8) is 0 Å². The van der Waals surface area contributed by atoms with Crippen LogP contribution in [0.1, 0.15) is 5.69 Å². The molecule has 1 aliphatic heterocycles. The van der Waals surface area contributed by atoms with Crippen LogP contribution in [-0.2, 0) is 9.59 Å². The van der Waals surface area contributed by atoms with Crippen molar-refractivity contribution in [2.24, 2.45) is 0 Å². The zero-order chi connectivity index (χ0) is 20.5. The molecule has 0 spiro atoms. The number of amides is 4. The maximum Gasteiger partial charge on any atom is 0.335 e. The van der Waals surface area contributed by atoms with Gasteiger partial charge in [0.25, 0.3) is 11.8 Å². The summed E-state index contributed by atoms with van der Waals surface area (Å²) in [7, 11) is 0. The number of nitrogens with zero attached hydrogens (tertiary/aromatic N) is 2. The lowest BCUT2D eigenvalue weighted by atomic mass is 10.1. The Bertz CT molecular complexity index is 1150. The Morgan fingerprint density at radius 2 is 1.38 bits per heavy atom. The van der Waals surface area contributed by atoms with Crippen LogP contribution in [0.25, 0.3) is 11.8 Å². The van der Waals surface area contributed by atoms with Gasteiger partial charge < -0.3 is 4.57 Å². The van der Waals surface area contributed by atoms with E-state index in [1.807, 2.05) is 0 Å². The molecule has 0 atom stereocenters. The van der Waals surface area contributed by atoms with E-state index in [-0.39, 0.29) is 11.3 Å². The molecule has 0 saturated carbocycles. The van der Waals surface area contributed by atoms with E-state index in [0.717, 1.165) is 17.0 Å². The third-order valence-electron chi connectivity index (χ3n) is 4.36. The maximum absolute atomic E-state index is 13.2. The molecule has 0 aliphatic carbocycles. The van der Waals surface area contributed by atoms with Crippen molar-refractivity contribution < 1.29 is 23.2 Å². The molecular formula is C21H13F2N3O3. The number of aromatic nitrogens is 1. The monoisotopic (exact) mass is 393 g/mol. The number of hydrogen-bond donors (Lipinski definition) is 1. The number of hydrogen-bond acceptors (Lipinski definition) is 3. The van der Waals surface area contributed by atoms with Crippen LogP contribution in [0.15, 0.2) is 72.4 Å². The molecule has 4 rings (SSSR count). The zero-order valence-corrected chi connectivity index (χ0v) is 14.8. The van der Waals surface area contributed by atoms with Crippen molar-refractivity contribution in [3.8, 4) is 5.69 Å². The fraction of sp³-hybridized carbons (Fsp3) is 0. The third kappa shape index (κ3) is 3.43. The second-order valence-corrected chi connectivity index (χ2v) is 6.21. The van der Waals surface area contributed by atoms with Gasteiger partial charge in [0.15, 0.2) is 0 Å². The predicted octanol–water partition coefficient (Wildman–Crippen LogP) is 3.42. The number of imide groups is 2. The number of barbiturate groups is 1. The molecule has 4 amide bonds. The Hall–Kier alpha value is -4.07. The number of halogens is 2. The van der Waals surface area contributed by atoms with Crippen molar-refractivity contribution in [3.05, 3.63) is 89.8 Å². The summed E-state index contributed by atoms with van der Waals surface area (Å²) in [5, 5.41) is 2.11. The van der Waals surface area contributed by atoms with Gasteiger partial charge in [-0.15, -0.1) is 0 Å². The van der Waals surface area contributed by atoms with Gasteiger partial charge in [0.05, 0.1) is 5.69 Å². The van der Waals surface area contributed by atoms with E-state index in [9.17, 15) is 23.2 Å². The van der Waals surface area contributed by atoms with Crippen molar-refractivity contribution in [1.29, 1.82) is 0 Å². The highest BCUT2D eigenvalue weighted by atomic mass is 19.1. The molecule has 0 unspecified atom stereocenters. The lowest BCUT2D eigenvalue weighted by molar-refractivity contribution is -0.122. The predicted molar refractivity (Wildman–Crippen MR) is 101 cm³/mol. The van der Waals surface area contributed by atoms with Gasteiger partial charge in [0.1, 0.15) is 17.2 Å². The van der Waals surface area contributed by atoms with Crippen LogP contribution in [0, 0.1) is 11.6 Å². The molecule has 1 aliphatic rings.